The highest BCUT2D eigenvalue weighted by Gasteiger charge is 2.16. The summed E-state index contributed by atoms with van der Waals surface area (Å²) in [5, 5.41) is 3.16. The lowest BCUT2D eigenvalue weighted by molar-refractivity contribution is 0.311. The van der Waals surface area contributed by atoms with Gasteiger partial charge in [-0.3, -0.25) is 0 Å². The molecule has 1 heterocycles. The van der Waals surface area contributed by atoms with E-state index in [-0.39, 0.29) is 6.61 Å². The summed E-state index contributed by atoms with van der Waals surface area (Å²) in [6.07, 6.45) is 6.10. The molecule has 2 aliphatic rings. The molecule has 3 nitrogen and oxygen atoms in total. The van der Waals surface area contributed by atoms with Gasteiger partial charge in [-0.25, -0.2) is 4.99 Å². The zero-order valence-corrected chi connectivity index (χ0v) is 7.18. The summed E-state index contributed by atoms with van der Waals surface area (Å²) in [5.41, 5.74) is 0. The maximum Gasteiger partial charge on any atom is 0.285 e. The fourth-order valence-corrected chi connectivity index (χ4v) is 1.73. The van der Waals surface area contributed by atoms with Gasteiger partial charge in [-0.15, -0.1) is 0 Å². The van der Waals surface area contributed by atoms with Crippen LogP contribution in [0, 0.1) is 0 Å². The van der Waals surface area contributed by atoms with Gasteiger partial charge in [0.1, 0.15) is 6.61 Å². The highest BCUT2D eigenvalue weighted by molar-refractivity contribution is 5.75. The van der Waals surface area contributed by atoms with Gasteiger partial charge in [-0.2, -0.15) is 0 Å². The Morgan fingerprint density at radius 2 is 2.25 bits per heavy atom. The molecular formula is C9H16N2O. The zero-order valence-electron chi connectivity index (χ0n) is 9.18. The summed E-state index contributed by atoms with van der Waals surface area (Å²) < 4.78 is 19.8. The molecule has 1 fully saturated rings. The first-order valence-electron chi connectivity index (χ1n) is 5.65. The van der Waals surface area contributed by atoms with E-state index in [0.717, 1.165) is 12.8 Å². The lowest BCUT2D eigenvalue weighted by Crippen LogP contribution is -2.36. The fourth-order valence-electron chi connectivity index (χ4n) is 1.73. The van der Waals surface area contributed by atoms with Gasteiger partial charge in [0.15, 0.2) is 0 Å². The van der Waals surface area contributed by atoms with Crippen molar-refractivity contribution >= 4 is 6.02 Å². The highest BCUT2D eigenvalue weighted by atomic mass is 16.5. The molecule has 3 heteroatoms. The van der Waals surface area contributed by atoms with E-state index in [1.807, 2.05) is 0 Å². The van der Waals surface area contributed by atoms with Crippen LogP contribution in [0.25, 0.3) is 0 Å². The lowest BCUT2D eigenvalue weighted by atomic mass is 9.96. The van der Waals surface area contributed by atoms with E-state index in [1.54, 1.807) is 0 Å². The molecule has 0 saturated heterocycles. The Bertz CT molecular complexity index is 237. The van der Waals surface area contributed by atoms with E-state index >= 15 is 0 Å². The van der Waals surface area contributed by atoms with Crippen molar-refractivity contribution < 1.29 is 7.48 Å². The van der Waals surface area contributed by atoms with Crippen LogP contribution in [-0.2, 0) is 4.74 Å². The number of aliphatic imine (C=N–C) groups is 1. The number of hydrogen-bond acceptors (Lipinski definition) is 3. The summed E-state index contributed by atoms with van der Waals surface area (Å²) in [7, 11) is 0. The molecule has 1 N–H and O–H groups in total. The third-order valence-electron chi connectivity index (χ3n) is 2.39. The van der Waals surface area contributed by atoms with Crippen molar-refractivity contribution in [3.8, 4) is 0 Å². The molecule has 0 spiro atoms. The first-order valence-corrected chi connectivity index (χ1v) is 4.65. The van der Waals surface area contributed by atoms with Gasteiger partial charge in [0.05, 0.1) is 9.24 Å². The normalized spacial score (nSPS) is 31.5. The first-order chi connectivity index (χ1) is 6.66. The summed E-state index contributed by atoms with van der Waals surface area (Å²) in [4.78, 5) is 3.83. The van der Waals surface area contributed by atoms with Crippen molar-refractivity contribution in [1.29, 1.82) is 0 Å². The Hall–Kier alpha value is -0.730. The number of nitrogens with zero attached hydrogens (tertiary/aromatic N) is 1. The zero-order chi connectivity index (χ0) is 10.0. The van der Waals surface area contributed by atoms with Crippen LogP contribution in [0.5, 0.6) is 0 Å². The van der Waals surface area contributed by atoms with E-state index in [9.17, 15) is 0 Å². The maximum atomic E-state index is 7.35. The average Bonchev–Trinajstić information content (AvgIpc) is 2.47. The predicted octanol–water partition coefficient (Wildman–Crippen LogP) is 1.29. The molecule has 0 aromatic rings. The predicted molar refractivity (Wildman–Crippen MR) is 48.3 cm³/mol. The molecule has 0 amide bonds. The summed E-state index contributed by atoms with van der Waals surface area (Å²) >= 11 is 0. The summed E-state index contributed by atoms with van der Waals surface area (Å²) in [5.74, 6) is 0. The van der Waals surface area contributed by atoms with Gasteiger partial charge in [-0.05, 0) is 12.8 Å². The van der Waals surface area contributed by atoms with Crippen LogP contribution in [0.4, 0.5) is 0 Å². The molecule has 0 atom stereocenters. The Morgan fingerprint density at radius 1 is 1.42 bits per heavy atom. The number of rotatable bonds is 1. The Labute approximate surface area is 76.0 Å². The molecule has 0 aromatic carbocycles. The van der Waals surface area contributed by atoms with Crippen LogP contribution >= 0.6 is 0 Å². The van der Waals surface area contributed by atoms with Crippen LogP contribution in [0.15, 0.2) is 4.99 Å². The summed E-state index contributed by atoms with van der Waals surface area (Å²) in [6, 6.07) is 0.818. The first kappa shape index (κ1) is 5.84. The monoisotopic (exact) mass is 170 g/mol. The van der Waals surface area contributed by atoms with Gasteiger partial charge in [0.2, 0.25) is 0 Å². The van der Waals surface area contributed by atoms with E-state index in [0.29, 0.717) is 12.1 Å². The van der Waals surface area contributed by atoms with E-state index in [4.69, 9.17) is 7.48 Å². The molecule has 0 aromatic heterocycles. The minimum absolute atomic E-state index is 0.0437. The minimum Gasteiger partial charge on any atom is -0.463 e. The molecule has 0 radical (unpaired) electrons. The van der Waals surface area contributed by atoms with E-state index in [2.05, 4.69) is 10.3 Å². The third kappa shape index (κ3) is 1.90. The van der Waals surface area contributed by atoms with Gasteiger partial charge in [0, 0.05) is 6.04 Å². The van der Waals surface area contributed by atoms with Gasteiger partial charge >= 0.3 is 0 Å². The second-order valence-corrected chi connectivity index (χ2v) is 3.34. The SMILES string of the molecule is [2H]C1([2H])COC(NC2CCCCC2)=N1. The molecule has 2 rings (SSSR count). The molecule has 1 saturated carbocycles. The Kier molecular flexibility index (Phi) is 1.84. The average molecular weight is 170 g/mol. The van der Waals surface area contributed by atoms with Crippen LogP contribution in [0.3, 0.4) is 0 Å². The number of amidine groups is 1. The van der Waals surface area contributed by atoms with Gasteiger partial charge in [-0.1, -0.05) is 19.3 Å². The molecule has 1 aliphatic heterocycles. The molecule has 68 valence electrons. The second-order valence-electron chi connectivity index (χ2n) is 3.34. The quantitative estimate of drug-likeness (QED) is 0.643. The van der Waals surface area contributed by atoms with Crippen LogP contribution in [-0.4, -0.2) is 25.2 Å². The third-order valence-corrected chi connectivity index (χ3v) is 2.39. The second kappa shape index (κ2) is 3.78. The Balaban J connectivity index is 1.85. The van der Waals surface area contributed by atoms with Crippen molar-refractivity contribution in [2.75, 3.05) is 13.1 Å². The number of hydrogen-bond donors (Lipinski definition) is 1. The van der Waals surface area contributed by atoms with Crippen LogP contribution < -0.4 is 5.32 Å². The molecule has 0 bridgehead atoms. The standard InChI is InChI=1S/C9H16N2O/c1-2-4-8(5-3-1)11-9-10-6-7-12-9/h8H,1-7H2,(H,10,11)/i6D2. The highest BCUT2D eigenvalue weighted by Crippen LogP contribution is 2.17. The Morgan fingerprint density at radius 3 is 2.92 bits per heavy atom. The number of ether oxygens (including phenoxy) is 1. The molecular weight excluding hydrogens is 152 g/mol. The van der Waals surface area contributed by atoms with Gasteiger partial charge in [0.25, 0.3) is 6.02 Å². The van der Waals surface area contributed by atoms with E-state index in [1.165, 1.54) is 19.3 Å². The fraction of sp³-hybridized carbons (Fsp3) is 0.889. The van der Waals surface area contributed by atoms with Crippen LogP contribution in [0.1, 0.15) is 34.8 Å². The van der Waals surface area contributed by atoms with E-state index < -0.39 is 6.50 Å². The molecule has 12 heavy (non-hydrogen) atoms. The topological polar surface area (TPSA) is 33.6 Å². The van der Waals surface area contributed by atoms with Crippen molar-refractivity contribution in [2.45, 2.75) is 38.1 Å². The summed E-state index contributed by atoms with van der Waals surface area (Å²) in [6.45, 7) is -1.49. The van der Waals surface area contributed by atoms with Crippen molar-refractivity contribution in [3.05, 3.63) is 0 Å². The van der Waals surface area contributed by atoms with Gasteiger partial charge < -0.3 is 10.1 Å². The number of nitrogens with one attached hydrogen (secondary N) is 1. The minimum atomic E-state index is -1.53. The maximum absolute atomic E-state index is 7.35. The molecule has 0 unspecified atom stereocenters. The smallest absolute Gasteiger partial charge is 0.285 e. The van der Waals surface area contributed by atoms with Crippen molar-refractivity contribution in [3.63, 3.8) is 0 Å². The van der Waals surface area contributed by atoms with Crippen molar-refractivity contribution in [1.82, 2.24) is 5.32 Å². The molecule has 1 aliphatic carbocycles. The van der Waals surface area contributed by atoms with Crippen LogP contribution in [0.2, 0.25) is 0 Å². The van der Waals surface area contributed by atoms with Crippen molar-refractivity contribution in [2.24, 2.45) is 4.99 Å². The lowest BCUT2D eigenvalue weighted by Gasteiger charge is -2.22. The largest absolute Gasteiger partial charge is 0.463 e.